The van der Waals surface area contributed by atoms with E-state index in [0.29, 0.717) is 10.7 Å². The van der Waals surface area contributed by atoms with Crippen molar-refractivity contribution in [3.8, 4) is 5.75 Å². The summed E-state index contributed by atoms with van der Waals surface area (Å²) in [4.78, 5) is 29.7. The molecule has 0 radical (unpaired) electrons. The zero-order chi connectivity index (χ0) is 30.3. The lowest BCUT2D eigenvalue weighted by atomic mass is 9.80. The van der Waals surface area contributed by atoms with Crippen molar-refractivity contribution >= 4 is 34.9 Å². The molecule has 0 saturated carbocycles. The van der Waals surface area contributed by atoms with Crippen molar-refractivity contribution in [1.82, 2.24) is 10.3 Å². The second-order valence-electron chi connectivity index (χ2n) is 9.23. The lowest BCUT2D eigenvalue weighted by Crippen LogP contribution is -2.50. The Morgan fingerprint density at radius 1 is 0.905 bits per heavy atom. The van der Waals surface area contributed by atoms with Crippen molar-refractivity contribution in [3.05, 3.63) is 119 Å². The number of para-hydroxylation sites is 2. The Kier molecular flexibility index (Phi) is 9.31. The summed E-state index contributed by atoms with van der Waals surface area (Å²) in [7, 11) is 0. The highest BCUT2D eigenvalue weighted by Crippen LogP contribution is 2.37. The van der Waals surface area contributed by atoms with Gasteiger partial charge in [-0.25, -0.2) is 4.79 Å². The monoisotopic (exact) mass is 600 g/mol. The third kappa shape index (κ3) is 7.35. The second-order valence-corrected chi connectivity index (χ2v) is 9.66. The number of ether oxygens (including phenoxy) is 1. The van der Waals surface area contributed by atoms with E-state index >= 15 is 0 Å². The lowest BCUT2D eigenvalue weighted by molar-refractivity contribution is -0.253. The van der Waals surface area contributed by atoms with E-state index in [4.69, 9.17) is 11.6 Å². The van der Waals surface area contributed by atoms with Gasteiger partial charge in [-0.1, -0.05) is 66.2 Å². The van der Waals surface area contributed by atoms with Crippen LogP contribution in [0.3, 0.4) is 0 Å². The maximum Gasteiger partial charge on any atom is 0.461 e. The van der Waals surface area contributed by atoms with E-state index in [9.17, 15) is 27.2 Å². The van der Waals surface area contributed by atoms with Crippen LogP contribution in [0.2, 0.25) is 5.02 Å². The fourth-order valence-corrected chi connectivity index (χ4v) is 4.43. The molecule has 7 nitrogen and oxygen atoms in total. The Morgan fingerprint density at radius 3 is 2.19 bits per heavy atom. The number of halogens is 5. The number of alkyl halides is 4. The smallest absolute Gasteiger partial charge is 0.428 e. The maximum atomic E-state index is 13.8. The van der Waals surface area contributed by atoms with Crippen LogP contribution in [0.15, 0.2) is 97.2 Å². The molecule has 12 heteroatoms. The van der Waals surface area contributed by atoms with Gasteiger partial charge in [0.1, 0.15) is 11.3 Å². The summed E-state index contributed by atoms with van der Waals surface area (Å²) >= 11 is 6.10. The van der Waals surface area contributed by atoms with Crippen molar-refractivity contribution in [3.63, 3.8) is 0 Å². The third-order valence-corrected chi connectivity index (χ3v) is 6.35. The summed E-state index contributed by atoms with van der Waals surface area (Å²) in [5, 5.41) is 8.55. The molecule has 3 aromatic carbocycles. The minimum Gasteiger partial charge on any atom is -0.428 e. The second kappa shape index (κ2) is 12.9. The summed E-state index contributed by atoms with van der Waals surface area (Å²) in [5.74, 6) is -0.909. The molecular formula is C30H25ClF4N4O3. The first-order chi connectivity index (χ1) is 20.0. The highest BCUT2D eigenvalue weighted by Gasteiger charge is 2.44. The molecule has 1 aromatic heterocycles. The summed E-state index contributed by atoms with van der Waals surface area (Å²) < 4.78 is 57.9. The molecule has 3 N–H and O–H groups in total. The fraction of sp³-hybridized carbons (Fsp3) is 0.167. The van der Waals surface area contributed by atoms with Gasteiger partial charge in [0, 0.05) is 19.5 Å². The van der Waals surface area contributed by atoms with E-state index in [1.54, 1.807) is 66.7 Å². The van der Waals surface area contributed by atoms with Crippen LogP contribution in [0.4, 0.5) is 33.7 Å². The minimum atomic E-state index is -4.75. The molecule has 0 fully saturated rings. The van der Waals surface area contributed by atoms with Crippen molar-refractivity contribution < 1.29 is 31.9 Å². The Hall–Kier alpha value is -4.64. The number of nitrogens with one attached hydrogen (secondary N) is 3. The Balaban J connectivity index is 1.84. The number of carbonyl (C=O) groups excluding carboxylic acids is 2. The summed E-state index contributed by atoms with van der Waals surface area (Å²) in [6, 6.07) is 22.9. The van der Waals surface area contributed by atoms with E-state index in [-0.39, 0.29) is 29.3 Å². The molecule has 1 heterocycles. The number of hydrogen-bond acceptors (Lipinski definition) is 4. The van der Waals surface area contributed by atoms with Crippen LogP contribution < -0.4 is 20.7 Å². The molecule has 0 aliphatic carbocycles. The largest absolute Gasteiger partial charge is 0.461 e. The van der Waals surface area contributed by atoms with E-state index < -0.39 is 29.9 Å². The van der Waals surface area contributed by atoms with Crippen molar-refractivity contribution in [2.24, 2.45) is 0 Å². The minimum absolute atomic E-state index is 0.0535. The number of hydrogen-bond donors (Lipinski definition) is 3. The molecule has 0 unspecified atom stereocenters. The zero-order valence-corrected chi connectivity index (χ0v) is 22.8. The average molecular weight is 601 g/mol. The van der Waals surface area contributed by atoms with Crippen LogP contribution in [0.1, 0.15) is 23.7 Å². The number of benzene rings is 3. The zero-order valence-electron chi connectivity index (χ0n) is 22.1. The Labute approximate surface area is 243 Å². The summed E-state index contributed by atoms with van der Waals surface area (Å²) in [6.07, 6.45) is -7.41. The molecule has 218 valence electrons. The van der Waals surface area contributed by atoms with Crippen LogP contribution in [0.25, 0.3) is 0 Å². The van der Waals surface area contributed by atoms with Gasteiger partial charge >= 0.3 is 18.6 Å². The predicted octanol–water partition coefficient (Wildman–Crippen LogP) is 7.24. The van der Waals surface area contributed by atoms with Gasteiger partial charge < -0.3 is 20.7 Å². The third-order valence-electron chi connectivity index (χ3n) is 6.12. The Morgan fingerprint density at radius 2 is 1.57 bits per heavy atom. The fourth-order valence-electron chi connectivity index (χ4n) is 4.32. The van der Waals surface area contributed by atoms with Gasteiger partial charge in [-0.05, 0) is 47.5 Å². The first-order valence-electron chi connectivity index (χ1n) is 12.6. The summed E-state index contributed by atoms with van der Waals surface area (Å²) in [6.45, 7) is 1.32. The molecule has 0 aliphatic rings. The van der Waals surface area contributed by atoms with Crippen molar-refractivity contribution in [2.75, 3.05) is 10.6 Å². The first-order valence-corrected chi connectivity index (χ1v) is 12.9. The van der Waals surface area contributed by atoms with E-state index in [1.165, 1.54) is 25.3 Å². The SMILES string of the molecule is CC(=O)Nc1ccccc1NC(=O)N[C@](Cc1ccccc1)(c1cccc(OC(F)(F)C(F)F)c1)c1ccc(Cl)cn1. The quantitative estimate of drug-likeness (QED) is 0.167. The number of amides is 3. The van der Waals surface area contributed by atoms with Crippen LogP contribution in [-0.2, 0) is 16.8 Å². The molecule has 1 atom stereocenters. The maximum absolute atomic E-state index is 13.8. The number of urea groups is 1. The number of pyridine rings is 1. The molecule has 0 aliphatic heterocycles. The first kappa shape index (κ1) is 30.3. The van der Waals surface area contributed by atoms with Crippen molar-refractivity contribution in [2.45, 2.75) is 31.4 Å². The van der Waals surface area contributed by atoms with Gasteiger partial charge in [-0.3, -0.25) is 9.78 Å². The molecule has 0 bridgehead atoms. The molecule has 0 spiro atoms. The van der Waals surface area contributed by atoms with Crippen LogP contribution in [0, 0.1) is 0 Å². The van der Waals surface area contributed by atoms with E-state index in [0.717, 1.165) is 17.7 Å². The Bertz CT molecular complexity index is 1540. The molecule has 0 saturated heterocycles. The van der Waals surface area contributed by atoms with Gasteiger partial charge in [0.15, 0.2) is 0 Å². The highest BCUT2D eigenvalue weighted by atomic mass is 35.5. The number of anilines is 2. The molecule has 4 rings (SSSR count). The lowest BCUT2D eigenvalue weighted by Gasteiger charge is -2.36. The average Bonchev–Trinajstić information content (AvgIpc) is 2.94. The molecule has 42 heavy (non-hydrogen) atoms. The summed E-state index contributed by atoms with van der Waals surface area (Å²) in [5.41, 5.74) is 0.239. The normalized spacial score (nSPS) is 12.7. The van der Waals surface area contributed by atoms with E-state index in [2.05, 4.69) is 25.7 Å². The van der Waals surface area contributed by atoms with Crippen LogP contribution >= 0.6 is 11.6 Å². The van der Waals surface area contributed by atoms with Gasteiger partial charge in [-0.15, -0.1) is 0 Å². The van der Waals surface area contributed by atoms with Crippen LogP contribution in [0.5, 0.6) is 5.75 Å². The molecule has 3 amide bonds. The van der Waals surface area contributed by atoms with Crippen molar-refractivity contribution in [1.29, 1.82) is 0 Å². The molecule has 4 aromatic rings. The standard InChI is InChI=1S/C30H25ClF4N4O3/c1-19(40)37-24-12-5-6-13-25(24)38-28(41)39-29(17-20-8-3-2-4-9-20,26-15-14-22(31)18-36-26)21-10-7-11-23(16-21)42-30(34,35)27(32)33/h2-16,18,27H,17H2,1H3,(H,37,40)(H2,38,39,41)/t29-/m1/s1. The number of aromatic nitrogens is 1. The van der Waals surface area contributed by atoms with Gasteiger partial charge in [0.2, 0.25) is 5.91 Å². The van der Waals surface area contributed by atoms with Gasteiger partial charge in [0.05, 0.1) is 22.1 Å². The molecular weight excluding hydrogens is 576 g/mol. The van der Waals surface area contributed by atoms with Gasteiger partial charge in [-0.2, -0.15) is 17.6 Å². The predicted molar refractivity (Wildman–Crippen MR) is 151 cm³/mol. The highest BCUT2D eigenvalue weighted by molar-refractivity contribution is 6.30. The number of nitrogens with zero attached hydrogens (tertiary/aromatic N) is 1. The number of carbonyl (C=O) groups is 2. The number of rotatable bonds is 10. The van der Waals surface area contributed by atoms with Gasteiger partial charge in [0.25, 0.3) is 0 Å². The van der Waals surface area contributed by atoms with E-state index in [1.807, 2.05) is 0 Å². The van der Waals surface area contributed by atoms with Crippen LogP contribution in [-0.4, -0.2) is 29.5 Å². The topological polar surface area (TPSA) is 92.4 Å².